The minimum Gasteiger partial charge on any atom is -0.442 e. The first-order chi connectivity index (χ1) is 9.61. The standard InChI is InChI=1S/C15H14N2O2S/c1-11(18)17-15(2,13-9-6-10-20-13)19-14(16-17)12-7-4-3-5-8-12/h3-10H,1-2H3/t15-/m0/s1. The van der Waals surface area contributed by atoms with Gasteiger partial charge in [-0.25, -0.2) is 0 Å². The molecule has 1 aliphatic rings. The van der Waals surface area contributed by atoms with Crippen molar-refractivity contribution in [3.8, 4) is 0 Å². The molecule has 0 saturated heterocycles. The number of ether oxygens (including phenoxy) is 1. The molecule has 0 aliphatic carbocycles. The smallest absolute Gasteiger partial charge is 0.243 e. The van der Waals surface area contributed by atoms with Crippen molar-refractivity contribution in [2.45, 2.75) is 19.6 Å². The lowest BCUT2D eigenvalue weighted by atomic mass is 10.2. The van der Waals surface area contributed by atoms with Gasteiger partial charge in [-0.05, 0) is 23.6 Å². The first kappa shape index (κ1) is 12.9. The van der Waals surface area contributed by atoms with Gasteiger partial charge < -0.3 is 4.74 Å². The van der Waals surface area contributed by atoms with Gasteiger partial charge in [-0.3, -0.25) is 4.79 Å². The molecule has 102 valence electrons. The minimum atomic E-state index is -0.870. The van der Waals surface area contributed by atoms with Gasteiger partial charge in [0.15, 0.2) is 0 Å². The van der Waals surface area contributed by atoms with Crippen LogP contribution < -0.4 is 0 Å². The molecule has 0 spiro atoms. The second-order valence-electron chi connectivity index (χ2n) is 4.66. The maximum absolute atomic E-state index is 11.9. The lowest BCUT2D eigenvalue weighted by Gasteiger charge is -2.29. The normalized spacial score (nSPS) is 21.5. The predicted molar refractivity (Wildman–Crippen MR) is 78.3 cm³/mol. The number of amides is 1. The maximum Gasteiger partial charge on any atom is 0.243 e. The van der Waals surface area contributed by atoms with Crippen LogP contribution >= 0.6 is 11.3 Å². The van der Waals surface area contributed by atoms with Crippen molar-refractivity contribution in [2.24, 2.45) is 5.10 Å². The van der Waals surface area contributed by atoms with Crippen molar-refractivity contribution in [3.63, 3.8) is 0 Å². The second kappa shape index (κ2) is 4.76. The average Bonchev–Trinajstić information content (AvgIpc) is 3.07. The van der Waals surface area contributed by atoms with Crippen molar-refractivity contribution >= 4 is 23.1 Å². The Balaban J connectivity index is 2.02. The van der Waals surface area contributed by atoms with Crippen LogP contribution in [-0.2, 0) is 15.3 Å². The van der Waals surface area contributed by atoms with Crippen LogP contribution in [0.3, 0.4) is 0 Å². The summed E-state index contributed by atoms with van der Waals surface area (Å²) in [6.07, 6.45) is 0. The summed E-state index contributed by atoms with van der Waals surface area (Å²) in [5.74, 6) is 0.323. The summed E-state index contributed by atoms with van der Waals surface area (Å²) in [6.45, 7) is 3.35. The average molecular weight is 286 g/mol. The summed E-state index contributed by atoms with van der Waals surface area (Å²) in [6, 6.07) is 13.5. The molecule has 1 aromatic carbocycles. The molecule has 1 aliphatic heterocycles. The monoisotopic (exact) mass is 286 g/mol. The van der Waals surface area contributed by atoms with Crippen molar-refractivity contribution in [1.82, 2.24) is 5.01 Å². The van der Waals surface area contributed by atoms with Gasteiger partial charge in [0.2, 0.25) is 17.5 Å². The second-order valence-corrected chi connectivity index (χ2v) is 5.61. The molecular weight excluding hydrogens is 272 g/mol. The van der Waals surface area contributed by atoms with Gasteiger partial charge in [-0.1, -0.05) is 24.3 Å². The fraction of sp³-hybridized carbons (Fsp3) is 0.200. The Kier molecular flexibility index (Phi) is 3.06. The van der Waals surface area contributed by atoms with E-state index in [2.05, 4.69) is 5.10 Å². The highest BCUT2D eigenvalue weighted by molar-refractivity contribution is 7.10. The van der Waals surface area contributed by atoms with Gasteiger partial charge in [-0.15, -0.1) is 16.4 Å². The Hall–Kier alpha value is -2.14. The predicted octanol–water partition coefficient (Wildman–Crippen LogP) is 3.16. The summed E-state index contributed by atoms with van der Waals surface area (Å²) in [5, 5.41) is 7.72. The zero-order chi connectivity index (χ0) is 14.2. The lowest BCUT2D eigenvalue weighted by Crippen LogP contribution is -2.40. The van der Waals surface area contributed by atoms with Crippen LogP contribution in [0.1, 0.15) is 24.3 Å². The molecule has 4 nitrogen and oxygen atoms in total. The highest BCUT2D eigenvalue weighted by atomic mass is 32.1. The molecule has 0 N–H and O–H groups in total. The van der Waals surface area contributed by atoms with E-state index in [1.54, 1.807) is 11.3 Å². The number of carbonyl (C=O) groups excluding carboxylic acids is 1. The molecule has 1 atom stereocenters. The van der Waals surface area contributed by atoms with E-state index in [9.17, 15) is 4.79 Å². The Bertz CT molecular complexity index is 652. The van der Waals surface area contributed by atoms with E-state index in [0.29, 0.717) is 5.90 Å². The molecule has 3 rings (SSSR count). The SMILES string of the molecule is CC(=O)N1N=C(c2ccccc2)O[C@@]1(C)c1cccs1. The summed E-state index contributed by atoms with van der Waals surface area (Å²) in [5.41, 5.74) is -0.00965. The van der Waals surface area contributed by atoms with E-state index in [1.165, 1.54) is 11.9 Å². The minimum absolute atomic E-state index is 0.146. The summed E-state index contributed by atoms with van der Waals surface area (Å²) >= 11 is 1.55. The number of rotatable bonds is 2. The van der Waals surface area contributed by atoms with E-state index >= 15 is 0 Å². The Morgan fingerprint density at radius 2 is 2.00 bits per heavy atom. The van der Waals surface area contributed by atoms with E-state index in [0.717, 1.165) is 10.4 Å². The summed E-state index contributed by atoms with van der Waals surface area (Å²) < 4.78 is 6.02. The molecule has 20 heavy (non-hydrogen) atoms. The number of carbonyl (C=O) groups is 1. The first-order valence-electron chi connectivity index (χ1n) is 6.29. The highest BCUT2D eigenvalue weighted by Gasteiger charge is 2.45. The third kappa shape index (κ3) is 2.00. The van der Waals surface area contributed by atoms with Crippen LogP contribution in [0.2, 0.25) is 0 Å². The number of nitrogens with zero attached hydrogens (tertiary/aromatic N) is 2. The Morgan fingerprint density at radius 3 is 2.60 bits per heavy atom. The maximum atomic E-state index is 11.9. The van der Waals surface area contributed by atoms with Gasteiger partial charge in [0.05, 0.1) is 4.88 Å². The van der Waals surface area contributed by atoms with Crippen LogP contribution in [0.4, 0.5) is 0 Å². The van der Waals surface area contributed by atoms with Crippen LogP contribution in [0.5, 0.6) is 0 Å². The van der Waals surface area contributed by atoms with Crippen molar-refractivity contribution < 1.29 is 9.53 Å². The molecule has 0 bridgehead atoms. The van der Waals surface area contributed by atoms with E-state index < -0.39 is 5.72 Å². The van der Waals surface area contributed by atoms with Crippen molar-refractivity contribution in [2.75, 3.05) is 0 Å². The molecule has 1 aromatic heterocycles. The molecule has 0 fully saturated rings. The van der Waals surface area contributed by atoms with Crippen molar-refractivity contribution in [3.05, 3.63) is 58.3 Å². The fourth-order valence-electron chi connectivity index (χ4n) is 2.20. The van der Waals surface area contributed by atoms with Gasteiger partial charge in [-0.2, -0.15) is 5.01 Å². The van der Waals surface area contributed by atoms with Crippen LogP contribution in [0, 0.1) is 0 Å². The quantitative estimate of drug-likeness (QED) is 0.851. The van der Waals surface area contributed by atoms with Gasteiger partial charge in [0, 0.05) is 19.4 Å². The largest absolute Gasteiger partial charge is 0.442 e. The summed E-state index contributed by atoms with van der Waals surface area (Å²) in [4.78, 5) is 12.8. The van der Waals surface area contributed by atoms with E-state index in [-0.39, 0.29) is 5.91 Å². The van der Waals surface area contributed by atoms with E-state index in [1.807, 2.05) is 54.8 Å². The highest BCUT2D eigenvalue weighted by Crippen LogP contribution is 2.38. The fourth-order valence-corrected chi connectivity index (χ4v) is 3.01. The number of hydrogen-bond acceptors (Lipinski definition) is 4. The number of hydrogen-bond donors (Lipinski definition) is 0. The molecule has 2 heterocycles. The molecule has 1 amide bonds. The van der Waals surface area contributed by atoms with Crippen molar-refractivity contribution in [1.29, 1.82) is 0 Å². The number of benzene rings is 1. The zero-order valence-corrected chi connectivity index (χ0v) is 12.1. The molecule has 0 unspecified atom stereocenters. The molecular formula is C15H14N2O2S. The zero-order valence-electron chi connectivity index (χ0n) is 11.2. The first-order valence-corrected chi connectivity index (χ1v) is 7.17. The third-order valence-corrected chi connectivity index (χ3v) is 4.25. The number of hydrazone groups is 1. The lowest BCUT2D eigenvalue weighted by molar-refractivity contribution is -0.145. The van der Waals surface area contributed by atoms with Gasteiger partial charge >= 0.3 is 0 Å². The summed E-state index contributed by atoms with van der Waals surface area (Å²) in [7, 11) is 0. The Morgan fingerprint density at radius 1 is 1.25 bits per heavy atom. The Labute approximate surface area is 121 Å². The van der Waals surface area contributed by atoms with Gasteiger partial charge in [0.25, 0.3) is 0 Å². The molecule has 0 radical (unpaired) electrons. The molecule has 0 saturated carbocycles. The van der Waals surface area contributed by atoms with Crippen LogP contribution in [-0.4, -0.2) is 16.8 Å². The van der Waals surface area contributed by atoms with Gasteiger partial charge in [0.1, 0.15) is 0 Å². The topological polar surface area (TPSA) is 41.9 Å². The van der Waals surface area contributed by atoms with Crippen LogP contribution in [0.25, 0.3) is 0 Å². The van der Waals surface area contributed by atoms with Crippen LogP contribution in [0.15, 0.2) is 52.9 Å². The molecule has 5 heteroatoms. The number of thiophene rings is 1. The van der Waals surface area contributed by atoms with E-state index in [4.69, 9.17) is 4.74 Å². The molecule has 2 aromatic rings. The third-order valence-electron chi connectivity index (χ3n) is 3.19.